The second kappa shape index (κ2) is 9.03. The maximum atomic E-state index is 2.37. The fourth-order valence-electron chi connectivity index (χ4n) is 6.90. The normalized spacial score (nSPS) is 11.8. The van der Waals surface area contributed by atoms with Crippen molar-refractivity contribution in [2.75, 3.05) is 0 Å². The topological polar surface area (TPSA) is 0 Å². The molecule has 0 amide bonds. The molecule has 9 aromatic rings. The van der Waals surface area contributed by atoms with Crippen LogP contribution in [0.15, 0.2) is 158 Å². The molecule has 9 rings (SSSR count). The van der Waals surface area contributed by atoms with Gasteiger partial charge in [-0.3, -0.25) is 0 Å². The molecule has 0 N–H and O–H groups in total. The Morgan fingerprint density at radius 3 is 0.952 bits per heavy atom. The Hall–Kier alpha value is -5.46. The molecular formula is C42H26. The lowest BCUT2D eigenvalue weighted by molar-refractivity contribution is 1.64. The fraction of sp³-hybridized carbons (Fsp3) is 0. The van der Waals surface area contributed by atoms with Gasteiger partial charge in [-0.25, -0.2) is 0 Å². The monoisotopic (exact) mass is 530 g/mol. The third-order valence-electron chi connectivity index (χ3n) is 8.96. The average molecular weight is 531 g/mol. The van der Waals surface area contributed by atoms with Gasteiger partial charge in [0.15, 0.2) is 0 Å². The number of benzene rings is 9. The van der Waals surface area contributed by atoms with Crippen LogP contribution in [0.25, 0.3) is 86.9 Å². The third-order valence-corrected chi connectivity index (χ3v) is 8.96. The van der Waals surface area contributed by atoms with Crippen molar-refractivity contribution in [1.29, 1.82) is 0 Å². The molecular weight excluding hydrogens is 504 g/mol. The van der Waals surface area contributed by atoms with Gasteiger partial charge < -0.3 is 0 Å². The Labute approximate surface area is 244 Å². The smallest absolute Gasteiger partial charge is 0.00986 e. The van der Waals surface area contributed by atoms with Crippen molar-refractivity contribution in [3.8, 4) is 22.3 Å². The van der Waals surface area contributed by atoms with Gasteiger partial charge in [0.25, 0.3) is 0 Å². The van der Waals surface area contributed by atoms with E-state index in [0.29, 0.717) is 0 Å². The van der Waals surface area contributed by atoms with Gasteiger partial charge in [0, 0.05) is 0 Å². The van der Waals surface area contributed by atoms with Crippen molar-refractivity contribution in [3.05, 3.63) is 158 Å². The molecule has 0 aromatic heterocycles. The summed E-state index contributed by atoms with van der Waals surface area (Å²) in [5.41, 5.74) is 5.02. The fourth-order valence-corrected chi connectivity index (χ4v) is 6.90. The van der Waals surface area contributed by atoms with Crippen LogP contribution in [0.1, 0.15) is 0 Å². The van der Waals surface area contributed by atoms with Gasteiger partial charge in [-0.15, -0.1) is 0 Å². The van der Waals surface area contributed by atoms with Crippen LogP contribution in [0, 0.1) is 0 Å². The number of hydrogen-bond acceptors (Lipinski definition) is 0. The summed E-state index contributed by atoms with van der Waals surface area (Å²) in [6.07, 6.45) is 0. The van der Waals surface area contributed by atoms with E-state index in [-0.39, 0.29) is 0 Å². The van der Waals surface area contributed by atoms with Crippen molar-refractivity contribution in [3.63, 3.8) is 0 Å². The summed E-state index contributed by atoms with van der Waals surface area (Å²) in [7, 11) is 0. The summed E-state index contributed by atoms with van der Waals surface area (Å²) < 4.78 is 0. The minimum Gasteiger partial charge on any atom is -0.0616 e. The maximum Gasteiger partial charge on any atom is -0.00986 e. The molecule has 0 radical (unpaired) electrons. The molecule has 194 valence electrons. The maximum absolute atomic E-state index is 2.37. The van der Waals surface area contributed by atoms with Crippen molar-refractivity contribution in [2.45, 2.75) is 0 Å². The van der Waals surface area contributed by atoms with E-state index in [0.717, 1.165) is 0 Å². The van der Waals surface area contributed by atoms with Gasteiger partial charge in [-0.1, -0.05) is 121 Å². The highest BCUT2D eigenvalue weighted by atomic mass is 14.2. The van der Waals surface area contributed by atoms with Crippen LogP contribution < -0.4 is 0 Å². The second-order valence-corrected chi connectivity index (χ2v) is 11.4. The molecule has 9 aromatic carbocycles. The molecule has 0 nitrogen and oxygen atoms in total. The summed E-state index contributed by atoms with van der Waals surface area (Å²) in [6, 6.07) is 58.2. The first-order valence-electron chi connectivity index (χ1n) is 14.6. The zero-order valence-electron chi connectivity index (χ0n) is 23.0. The van der Waals surface area contributed by atoms with Crippen molar-refractivity contribution < 1.29 is 0 Å². The van der Waals surface area contributed by atoms with Crippen LogP contribution in [0.4, 0.5) is 0 Å². The van der Waals surface area contributed by atoms with Gasteiger partial charge in [0.05, 0.1) is 0 Å². The van der Waals surface area contributed by atoms with Crippen molar-refractivity contribution in [1.82, 2.24) is 0 Å². The minimum absolute atomic E-state index is 1.24. The van der Waals surface area contributed by atoms with Crippen LogP contribution in [-0.2, 0) is 0 Å². The molecule has 0 aliphatic heterocycles. The van der Waals surface area contributed by atoms with E-state index in [1.165, 1.54) is 86.9 Å². The minimum atomic E-state index is 1.24. The van der Waals surface area contributed by atoms with E-state index in [1.807, 2.05) is 0 Å². The summed E-state index contributed by atoms with van der Waals surface area (Å²) in [5.74, 6) is 0. The Kier molecular flexibility index (Phi) is 5.00. The molecule has 0 saturated carbocycles. The predicted octanol–water partition coefficient (Wildman–Crippen LogP) is 11.9. The highest BCUT2D eigenvalue weighted by molar-refractivity contribution is 6.18. The van der Waals surface area contributed by atoms with Crippen LogP contribution in [0.3, 0.4) is 0 Å². The van der Waals surface area contributed by atoms with Crippen LogP contribution >= 0.6 is 0 Å². The predicted molar refractivity (Wildman–Crippen MR) is 182 cm³/mol. The molecule has 0 unspecified atom stereocenters. The summed E-state index contributed by atoms with van der Waals surface area (Å²) in [6.45, 7) is 0. The number of rotatable bonds is 2. The van der Waals surface area contributed by atoms with Crippen LogP contribution in [0.2, 0.25) is 0 Å². The van der Waals surface area contributed by atoms with E-state index < -0.39 is 0 Å². The van der Waals surface area contributed by atoms with Gasteiger partial charge in [0.1, 0.15) is 0 Å². The largest absolute Gasteiger partial charge is 0.0616 e. The average Bonchev–Trinajstić information content (AvgIpc) is 3.06. The molecule has 0 spiro atoms. The molecule has 0 saturated heterocycles. The lowest BCUT2D eigenvalue weighted by Gasteiger charge is -2.14. The van der Waals surface area contributed by atoms with E-state index in [2.05, 4.69) is 158 Å². The zero-order chi connectivity index (χ0) is 27.6. The Balaban J connectivity index is 1.24. The lowest BCUT2D eigenvalue weighted by Crippen LogP contribution is -1.87. The van der Waals surface area contributed by atoms with Crippen molar-refractivity contribution in [2.24, 2.45) is 0 Å². The quantitative estimate of drug-likeness (QED) is 0.154. The first kappa shape index (κ1) is 23.3. The zero-order valence-corrected chi connectivity index (χ0v) is 23.0. The standard InChI is InChI=1S/C42H26/c1-3-11-31-23-41-33(21-29(31)9-1)25-39(35-13-5-7-15-37(35)41)27-17-19-28(20-18-27)40-26-34-22-30-10-2-4-12-32(30)24-42(34)38-16-8-6-14-36(38)40/h1-26H. The Morgan fingerprint density at radius 2 is 0.548 bits per heavy atom. The molecule has 0 heteroatoms. The molecule has 0 fully saturated rings. The highest BCUT2D eigenvalue weighted by Crippen LogP contribution is 2.40. The second-order valence-electron chi connectivity index (χ2n) is 11.4. The summed E-state index contributed by atoms with van der Waals surface area (Å²) in [4.78, 5) is 0. The van der Waals surface area contributed by atoms with E-state index in [4.69, 9.17) is 0 Å². The van der Waals surface area contributed by atoms with Crippen LogP contribution in [-0.4, -0.2) is 0 Å². The van der Waals surface area contributed by atoms with E-state index >= 15 is 0 Å². The third kappa shape index (κ3) is 3.56. The van der Waals surface area contributed by atoms with Gasteiger partial charge in [-0.05, 0) is 123 Å². The summed E-state index contributed by atoms with van der Waals surface area (Å²) in [5, 5.41) is 15.5. The van der Waals surface area contributed by atoms with Gasteiger partial charge in [0.2, 0.25) is 0 Å². The van der Waals surface area contributed by atoms with Gasteiger partial charge in [-0.2, -0.15) is 0 Å². The van der Waals surface area contributed by atoms with Crippen LogP contribution in [0.5, 0.6) is 0 Å². The Bertz CT molecular complexity index is 2320. The SMILES string of the molecule is c1ccc2cc3c(cc(-c4ccc(-c5cc6cc7ccccc7cc6c6ccccc56)cc4)c4ccccc43)cc2c1. The molecule has 0 aliphatic carbocycles. The number of hydrogen-bond donors (Lipinski definition) is 0. The van der Waals surface area contributed by atoms with E-state index in [1.54, 1.807) is 0 Å². The molecule has 0 aliphatic rings. The first-order chi connectivity index (χ1) is 20.8. The summed E-state index contributed by atoms with van der Waals surface area (Å²) >= 11 is 0. The highest BCUT2D eigenvalue weighted by Gasteiger charge is 2.12. The van der Waals surface area contributed by atoms with Crippen molar-refractivity contribution >= 4 is 64.6 Å². The number of fused-ring (bicyclic) bond motifs is 8. The molecule has 42 heavy (non-hydrogen) atoms. The Morgan fingerprint density at radius 1 is 0.214 bits per heavy atom. The molecule has 0 heterocycles. The first-order valence-corrected chi connectivity index (χ1v) is 14.6. The lowest BCUT2D eigenvalue weighted by atomic mass is 9.89. The van der Waals surface area contributed by atoms with Gasteiger partial charge >= 0.3 is 0 Å². The molecule has 0 bridgehead atoms. The molecule has 0 atom stereocenters. The van der Waals surface area contributed by atoms with E-state index in [9.17, 15) is 0 Å².